The number of likely N-dealkylation sites (tertiary alicyclic amines) is 1. The van der Waals surface area contributed by atoms with E-state index >= 15 is 0 Å². The van der Waals surface area contributed by atoms with E-state index in [2.05, 4.69) is 17.3 Å². The van der Waals surface area contributed by atoms with Crippen LogP contribution in [0.2, 0.25) is 0 Å². The zero-order chi connectivity index (χ0) is 9.10. The van der Waals surface area contributed by atoms with Crippen LogP contribution in [0.5, 0.6) is 0 Å². The summed E-state index contributed by atoms with van der Waals surface area (Å²) in [6, 6.07) is 0.765. The lowest BCUT2D eigenvalue weighted by atomic mass is 10.2. The molecule has 0 aromatic rings. The van der Waals surface area contributed by atoms with Crippen LogP contribution in [-0.2, 0) is 0 Å². The first-order valence-electron chi connectivity index (χ1n) is 5.78. The molecule has 2 nitrogen and oxygen atoms in total. The summed E-state index contributed by atoms with van der Waals surface area (Å²) in [5, 5.41) is 3.36. The van der Waals surface area contributed by atoms with Crippen LogP contribution in [0.3, 0.4) is 0 Å². The van der Waals surface area contributed by atoms with Crippen LogP contribution in [0.4, 0.5) is 0 Å². The first-order chi connectivity index (χ1) is 6.38. The fraction of sp³-hybridized carbons (Fsp3) is 1.00. The Bertz CT molecular complexity index is 154. The summed E-state index contributed by atoms with van der Waals surface area (Å²) in [4.78, 5) is 2.61. The van der Waals surface area contributed by atoms with Gasteiger partial charge in [-0.25, -0.2) is 0 Å². The second-order valence-corrected chi connectivity index (χ2v) is 4.66. The highest BCUT2D eigenvalue weighted by Crippen LogP contribution is 2.33. The topological polar surface area (TPSA) is 15.3 Å². The van der Waals surface area contributed by atoms with Crippen molar-refractivity contribution in [3.8, 4) is 0 Å². The molecular formula is C11H22N2. The van der Waals surface area contributed by atoms with E-state index in [1.165, 1.54) is 51.7 Å². The van der Waals surface area contributed by atoms with Crippen molar-refractivity contribution in [3.63, 3.8) is 0 Å². The van der Waals surface area contributed by atoms with Crippen molar-refractivity contribution in [1.82, 2.24) is 10.2 Å². The molecule has 2 aliphatic rings. The molecule has 0 bridgehead atoms. The monoisotopic (exact) mass is 182 g/mol. The highest BCUT2D eigenvalue weighted by atomic mass is 15.2. The number of nitrogens with one attached hydrogen (secondary N) is 1. The quantitative estimate of drug-likeness (QED) is 0.692. The van der Waals surface area contributed by atoms with E-state index in [0.717, 1.165) is 12.0 Å². The van der Waals surface area contributed by atoms with Gasteiger partial charge >= 0.3 is 0 Å². The maximum atomic E-state index is 3.36. The molecular weight excluding hydrogens is 160 g/mol. The van der Waals surface area contributed by atoms with Crippen molar-refractivity contribution >= 4 is 0 Å². The van der Waals surface area contributed by atoms with Crippen LogP contribution in [0.15, 0.2) is 0 Å². The third-order valence-electron chi connectivity index (χ3n) is 3.46. The molecule has 0 amide bonds. The largest absolute Gasteiger partial charge is 0.316 e. The van der Waals surface area contributed by atoms with E-state index < -0.39 is 0 Å². The molecule has 0 spiro atoms. The minimum atomic E-state index is 0.765. The Morgan fingerprint density at radius 1 is 1.31 bits per heavy atom. The smallest absolute Gasteiger partial charge is 0.0204 e. The molecule has 1 atom stereocenters. The summed E-state index contributed by atoms with van der Waals surface area (Å²) >= 11 is 0. The minimum Gasteiger partial charge on any atom is -0.316 e. The molecule has 2 rings (SSSR count). The molecule has 76 valence electrons. The van der Waals surface area contributed by atoms with E-state index in [9.17, 15) is 0 Å². The predicted molar refractivity (Wildman–Crippen MR) is 55.9 cm³/mol. The summed E-state index contributed by atoms with van der Waals surface area (Å²) in [7, 11) is 2.08. The first kappa shape index (κ1) is 9.47. The van der Waals surface area contributed by atoms with Crippen LogP contribution in [0.25, 0.3) is 0 Å². The van der Waals surface area contributed by atoms with Crippen molar-refractivity contribution in [2.75, 3.05) is 26.7 Å². The Morgan fingerprint density at radius 2 is 2.15 bits per heavy atom. The zero-order valence-electron chi connectivity index (χ0n) is 8.76. The third kappa shape index (κ3) is 2.96. The Hall–Kier alpha value is -0.0800. The van der Waals surface area contributed by atoms with Gasteiger partial charge in [0.1, 0.15) is 0 Å². The lowest BCUT2D eigenvalue weighted by molar-refractivity contribution is 0.319. The van der Waals surface area contributed by atoms with Gasteiger partial charge in [0.05, 0.1) is 0 Å². The molecule has 1 saturated carbocycles. The van der Waals surface area contributed by atoms with Crippen molar-refractivity contribution in [3.05, 3.63) is 0 Å². The number of hydrogen-bond acceptors (Lipinski definition) is 2. The van der Waals surface area contributed by atoms with Crippen LogP contribution in [0, 0.1) is 5.92 Å². The fourth-order valence-electron chi connectivity index (χ4n) is 2.28. The van der Waals surface area contributed by atoms with Crippen LogP contribution in [0.1, 0.15) is 32.1 Å². The summed E-state index contributed by atoms with van der Waals surface area (Å²) in [6.07, 6.45) is 7.29. The van der Waals surface area contributed by atoms with Gasteiger partial charge in [-0.15, -0.1) is 0 Å². The average Bonchev–Trinajstić information content (AvgIpc) is 2.84. The van der Waals surface area contributed by atoms with Gasteiger partial charge in [0.25, 0.3) is 0 Å². The second kappa shape index (κ2) is 4.43. The molecule has 1 N–H and O–H groups in total. The molecule has 0 aromatic carbocycles. The van der Waals surface area contributed by atoms with Crippen LogP contribution < -0.4 is 5.32 Å². The van der Waals surface area contributed by atoms with Crippen molar-refractivity contribution in [1.29, 1.82) is 0 Å². The lowest BCUT2D eigenvalue weighted by Gasteiger charge is -2.15. The average molecular weight is 182 g/mol. The van der Waals surface area contributed by atoms with E-state index in [1.54, 1.807) is 0 Å². The molecule has 13 heavy (non-hydrogen) atoms. The van der Waals surface area contributed by atoms with Crippen molar-refractivity contribution in [2.45, 2.75) is 38.1 Å². The Morgan fingerprint density at radius 3 is 2.77 bits per heavy atom. The molecule has 1 aliphatic carbocycles. The molecule has 2 heteroatoms. The zero-order valence-corrected chi connectivity index (χ0v) is 8.76. The van der Waals surface area contributed by atoms with Crippen LogP contribution >= 0.6 is 0 Å². The Labute approximate surface area is 81.7 Å². The maximum absolute atomic E-state index is 3.36. The first-order valence-corrected chi connectivity index (χ1v) is 5.78. The van der Waals surface area contributed by atoms with Gasteiger partial charge in [-0.2, -0.15) is 0 Å². The molecule has 0 aromatic heterocycles. The molecule has 1 unspecified atom stereocenters. The molecule has 0 radical (unpaired) electrons. The van der Waals surface area contributed by atoms with Crippen LogP contribution in [-0.4, -0.2) is 37.6 Å². The molecule has 1 heterocycles. The Kier molecular flexibility index (Phi) is 3.23. The maximum Gasteiger partial charge on any atom is 0.0204 e. The second-order valence-electron chi connectivity index (χ2n) is 4.66. The fourth-order valence-corrected chi connectivity index (χ4v) is 2.28. The van der Waals surface area contributed by atoms with Gasteiger partial charge < -0.3 is 10.2 Å². The predicted octanol–water partition coefficient (Wildman–Crippen LogP) is 1.47. The van der Waals surface area contributed by atoms with E-state index in [4.69, 9.17) is 0 Å². The Balaban J connectivity index is 1.54. The number of nitrogens with zero attached hydrogens (tertiary/aromatic N) is 1. The van der Waals surface area contributed by atoms with Gasteiger partial charge in [-0.1, -0.05) is 12.8 Å². The van der Waals surface area contributed by atoms with Gasteiger partial charge in [0, 0.05) is 12.6 Å². The third-order valence-corrected chi connectivity index (χ3v) is 3.46. The standard InChI is InChI=1S/C11H22N2/c1-12-11-6-8-13(9-11)7-2-3-10-4-5-10/h10-12H,2-9H2,1H3. The van der Waals surface area contributed by atoms with Gasteiger partial charge in [0.2, 0.25) is 0 Å². The van der Waals surface area contributed by atoms with E-state index in [0.29, 0.717) is 0 Å². The number of hydrogen-bond donors (Lipinski definition) is 1. The molecule has 2 fully saturated rings. The van der Waals surface area contributed by atoms with E-state index in [-0.39, 0.29) is 0 Å². The van der Waals surface area contributed by atoms with Gasteiger partial charge in [-0.3, -0.25) is 0 Å². The minimum absolute atomic E-state index is 0.765. The summed E-state index contributed by atoms with van der Waals surface area (Å²) in [6.45, 7) is 3.94. The van der Waals surface area contributed by atoms with Gasteiger partial charge in [0.15, 0.2) is 0 Å². The highest BCUT2D eigenvalue weighted by molar-refractivity contribution is 4.80. The summed E-state index contributed by atoms with van der Waals surface area (Å²) < 4.78 is 0. The van der Waals surface area contributed by atoms with Gasteiger partial charge in [-0.05, 0) is 45.3 Å². The number of rotatable bonds is 5. The molecule has 1 saturated heterocycles. The lowest BCUT2D eigenvalue weighted by Crippen LogP contribution is -2.30. The van der Waals surface area contributed by atoms with Crippen molar-refractivity contribution < 1.29 is 0 Å². The van der Waals surface area contributed by atoms with Crippen molar-refractivity contribution in [2.24, 2.45) is 5.92 Å². The number of likely N-dealkylation sites (N-methyl/N-ethyl adjacent to an activating group) is 1. The normalized spacial score (nSPS) is 29.8. The van der Waals surface area contributed by atoms with E-state index in [1.807, 2.05) is 0 Å². The highest BCUT2D eigenvalue weighted by Gasteiger charge is 2.23. The molecule has 1 aliphatic heterocycles. The summed E-state index contributed by atoms with van der Waals surface area (Å²) in [5.74, 6) is 1.11. The summed E-state index contributed by atoms with van der Waals surface area (Å²) in [5.41, 5.74) is 0. The SMILES string of the molecule is CNC1CCN(CCCC2CC2)C1.